The molecule has 1 aromatic heterocycles. The van der Waals surface area contributed by atoms with Crippen LogP contribution in [0, 0.1) is 11.3 Å². The Kier molecular flexibility index (Phi) is 7.38. The lowest BCUT2D eigenvalue weighted by molar-refractivity contribution is -0.133. The van der Waals surface area contributed by atoms with Gasteiger partial charge in [-0.15, -0.1) is 0 Å². The van der Waals surface area contributed by atoms with Crippen molar-refractivity contribution in [2.75, 3.05) is 18.0 Å². The molecule has 2 atom stereocenters. The number of carbonyl (C=O) groups is 4. The average Bonchev–Trinajstić information content (AvgIpc) is 3.30. The molecule has 0 unspecified atom stereocenters. The smallest absolute Gasteiger partial charge is 0.270 e. The molecule has 11 nitrogen and oxygen atoms in total. The normalized spacial score (nSPS) is 21.5. The third kappa shape index (κ3) is 5.18. The standard InChI is InChI=1S/C31H29Cl2N7O4/c1-18(41)36-23-7-10-38(17-23)28(44)31(8-9-31)37-26(42)25-16-35-29-39(24-12-21(32)11-22(33)13-24)27(43)30(2,40(25)29)14-19-3-5-20(15-34)6-4-19/h3-6,11-13,16,23H,7-10,14,17H2,1-2H3,(H,36,41)(H,37,42)/t23-,30-/m1/s1. The SMILES string of the molecule is CC(=O)N[C@@H]1CCN(C(=O)C2(NC(=O)c3cnc4n3[C@](C)(Cc3ccc(C#N)cc3)C(=O)N4c3cc(Cl)cc(Cl)c3)CC2)C1. The first-order valence-corrected chi connectivity index (χ1v) is 15.0. The Morgan fingerprint density at radius 1 is 1.11 bits per heavy atom. The highest BCUT2D eigenvalue weighted by Crippen LogP contribution is 2.44. The van der Waals surface area contributed by atoms with Crippen molar-refractivity contribution in [2.45, 2.75) is 56.7 Å². The molecule has 1 aliphatic carbocycles. The fourth-order valence-electron chi connectivity index (χ4n) is 6.18. The van der Waals surface area contributed by atoms with Crippen LogP contribution in [0.5, 0.6) is 0 Å². The Hall–Kier alpha value is -4.40. The second-order valence-electron chi connectivity index (χ2n) is 11.8. The van der Waals surface area contributed by atoms with Gasteiger partial charge in [-0.25, -0.2) is 9.88 Å². The van der Waals surface area contributed by atoms with Crippen LogP contribution >= 0.6 is 23.2 Å². The second-order valence-corrected chi connectivity index (χ2v) is 12.7. The molecule has 1 saturated carbocycles. The highest BCUT2D eigenvalue weighted by Gasteiger charge is 2.56. The van der Waals surface area contributed by atoms with Crippen molar-refractivity contribution < 1.29 is 19.2 Å². The van der Waals surface area contributed by atoms with Gasteiger partial charge in [-0.1, -0.05) is 35.3 Å². The summed E-state index contributed by atoms with van der Waals surface area (Å²) in [5.74, 6) is -1.01. The third-order valence-electron chi connectivity index (χ3n) is 8.47. The largest absolute Gasteiger partial charge is 0.352 e. The summed E-state index contributed by atoms with van der Waals surface area (Å²) in [6.07, 6.45) is 3.19. The number of amides is 4. The number of rotatable bonds is 7. The number of hydrogen-bond acceptors (Lipinski definition) is 6. The van der Waals surface area contributed by atoms with E-state index in [-0.39, 0.29) is 41.8 Å². The van der Waals surface area contributed by atoms with Crippen molar-refractivity contribution in [3.05, 3.63) is 75.5 Å². The predicted octanol–water partition coefficient (Wildman–Crippen LogP) is 3.70. The minimum atomic E-state index is -1.30. The highest BCUT2D eigenvalue weighted by molar-refractivity contribution is 6.35. The fourth-order valence-corrected chi connectivity index (χ4v) is 6.69. The maximum Gasteiger partial charge on any atom is 0.270 e. The number of nitrogens with one attached hydrogen (secondary N) is 2. The minimum Gasteiger partial charge on any atom is -0.352 e. The number of halogens is 2. The summed E-state index contributed by atoms with van der Waals surface area (Å²) in [5.41, 5.74) is -0.588. The third-order valence-corrected chi connectivity index (χ3v) is 8.90. The zero-order valence-electron chi connectivity index (χ0n) is 24.1. The van der Waals surface area contributed by atoms with E-state index in [2.05, 4.69) is 21.7 Å². The number of aromatic nitrogens is 2. The summed E-state index contributed by atoms with van der Waals surface area (Å²) in [5, 5.41) is 15.7. The van der Waals surface area contributed by atoms with Gasteiger partial charge in [-0.2, -0.15) is 5.26 Å². The lowest BCUT2D eigenvalue weighted by atomic mass is 9.91. The predicted molar refractivity (Wildman–Crippen MR) is 163 cm³/mol. The van der Waals surface area contributed by atoms with Crippen molar-refractivity contribution in [1.82, 2.24) is 25.1 Å². The molecule has 0 bridgehead atoms. The molecule has 3 heterocycles. The van der Waals surface area contributed by atoms with Gasteiger partial charge in [0.1, 0.15) is 16.8 Å². The molecule has 6 rings (SSSR count). The van der Waals surface area contributed by atoms with Crippen molar-refractivity contribution in [3.63, 3.8) is 0 Å². The summed E-state index contributed by atoms with van der Waals surface area (Å²) in [7, 11) is 0. The molecule has 1 saturated heterocycles. The number of benzene rings is 2. The topological polar surface area (TPSA) is 140 Å². The van der Waals surface area contributed by atoms with E-state index in [0.29, 0.717) is 53.6 Å². The fraction of sp³-hybridized carbons (Fsp3) is 0.355. The number of imidazole rings is 1. The Bertz CT molecular complexity index is 1720. The zero-order chi connectivity index (χ0) is 31.4. The number of likely N-dealkylation sites (tertiary alicyclic amines) is 1. The van der Waals surface area contributed by atoms with Gasteiger partial charge in [-0.3, -0.25) is 23.7 Å². The first-order chi connectivity index (χ1) is 20.9. The molecule has 44 heavy (non-hydrogen) atoms. The van der Waals surface area contributed by atoms with Crippen LogP contribution in [-0.2, 0) is 26.3 Å². The number of anilines is 2. The quantitative estimate of drug-likeness (QED) is 0.406. The van der Waals surface area contributed by atoms with E-state index < -0.39 is 17.0 Å². The number of nitrogens with zero attached hydrogens (tertiary/aromatic N) is 5. The van der Waals surface area contributed by atoms with Crippen LogP contribution in [-0.4, -0.2) is 62.7 Å². The molecule has 13 heteroatoms. The van der Waals surface area contributed by atoms with Gasteiger partial charge in [0.2, 0.25) is 17.8 Å². The van der Waals surface area contributed by atoms with E-state index in [0.717, 1.165) is 5.56 Å². The Morgan fingerprint density at radius 2 is 1.80 bits per heavy atom. The number of carbonyl (C=O) groups excluding carboxylic acids is 4. The second kappa shape index (κ2) is 10.9. The molecule has 3 aromatic rings. The molecule has 2 fully saturated rings. The van der Waals surface area contributed by atoms with Crippen LogP contribution in [0.1, 0.15) is 54.7 Å². The van der Waals surface area contributed by atoms with Gasteiger partial charge in [0, 0.05) is 42.5 Å². The molecule has 226 valence electrons. The van der Waals surface area contributed by atoms with Gasteiger partial charge in [0.05, 0.1) is 23.5 Å². The van der Waals surface area contributed by atoms with Crippen LogP contribution in [0.4, 0.5) is 11.6 Å². The van der Waals surface area contributed by atoms with Gasteiger partial charge in [0.25, 0.3) is 11.8 Å². The van der Waals surface area contributed by atoms with Crippen LogP contribution in [0.2, 0.25) is 10.0 Å². The van der Waals surface area contributed by atoms with E-state index in [1.54, 1.807) is 58.9 Å². The van der Waals surface area contributed by atoms with Gasteiger partial charge >= 0.3 is 0 Å². The Morgan fingerprint density at radius 3 is 2.41 bits per heavy atom. The first kappa shape index (κ1) is 29.7. The van der Waals surface area contributed by atoms with Crippen LogP contribution in [0.15, 0.2) is 48.7 Å². The van der Waals surface area contributed by atoms with Crippen molar-refractivity contribution in [1.29, 1.82) is 5.26 Å². The van der Waals surface area contributed by atoms with Crippen molar-refractivity contribution in [3.8, 4) is 6.07 Å². The summed E-state index contributed by atoms with van der Waals surface area (Å²) in [6.45, 7) is 4.04. The average molecular weight is 635 g/mol. The lowest BCUT2D eigenvalue weighted by Gasteiger charge is -2.28. The molecular formula is C31H29Cl2N7O4. The zero-order valence-corrected chi connectivity index (χ0v) is 25.6. The monoisotopic (exact) mass is 633 g/mol. The maximum absolute atomic E-state index is 14.3. The Balaban J connectivity index is 1.33. The highest BCUT2D eigenvalue weighted by atomic mass is 35.5. The number of hydrogen-bond donors (Lipinski definition) is 2. The molecule has 2 N–H and O–H groups in total. The van der Waals surface area contributed by atoms with Crippen molar-refractivity contribution >= 4 is 58.5 Å². The molecule has 2 aromatic carbocycles. The first-order valence-electron chi connectivity index (χ1n) is 14.2. The molecule has 3 aliphatic rings. The molecule has 4 amide bonds. The summed E-state index contributed by atoms with van der Waals surface area (Å²) in [4.78, 5) is 60.8. The van der Waals surface area contributed by atoms with Crippen molar-refractivity contribution in [2.24, 2.45) is 0 Å². The van der Waals surface area contributed by atoms with Gasteiger partial charge in [0.15, 0.2) is 0 Å². The van der Waals surface area contributed by atoms with E-state index in [1.807, 2.05) is 0 Å². The van der Waals surface area contributed by atoms with Crippen LogP contribution in [0.3, 0.4) is 0 Å². The minimum absolute atomic E-state index is 0.122. The summed E-state index contributed by atoms with van der Waals surface area (Å²) < 4.78 is 1.60. The van der Waals surface area contributed by atoms with Gasteiger partial charge in [-0.05, 0) is 62.1 Å². The lowest BCUT2D eigenvalue weighted by Crippen LogP contribution is -2.51. The number of nitriles is 1. The molecule has 2 aliphatic heterocycles. The summed E-state index contributed by atoms with van der Waals surface area (Å²) in [6, 6.07) is 13.6. The molecule has 0 spiro atoms. The van der Waals surface area contributed by atoms with Gasteiger partial charge < -0.3 is 15.5 Å². The van der Waals surface area contributed by atoms with Crippen LogP contribution < -0.4 is 15.5 Å². The maximum atomic E-state index is 14.3. The Labute approximate surface area is 263 Å². The van der Waals surface area contributed by atoms with E-state index in [9.17, 15) is 24.4 Å². The van der Waals surface area contributed by atoms with E-state index in [4.69, 9.17) is 23.2 Å². The molecular weight excluding hydrogens is 605 g/mol. The summed E-state index contributed by atoms with van der Waals surface area (Å²) >= 11 is 12.6. The van der Waals surface area contributed by atoms with Crippen LogP contribution in [0.25, 0.3) is 0 Å². The number of fused-ring (bicyclic) bond motifs is 1. The molecule has 0 radical (unpaired) electrons. The van der Waals surface area contributed by atoms with E-state index in [1.165, 1.54) is 18.0 Å². The van der Waals surface area contributed by atoms with E-state index >= 15 is 0 Å².